The van der Waals surface area contributed by atoms with Gasteiger partial charge in [-0.15, -0.1) is 24.0 Å². The van der Waals surface area contributed by atoms with Gasteiger partial charge in [-0.25, -0.2) is 0 Å². The largest absolute Gasteiger partial charge is 0.379 e. The molecular formula is C16H33IN4O. The van der Waals surface area contributed by atoms with Crippen molar-refractivity contribution in [3.8, 4) is 0 Å². The van der Waals surface area contributed by atoms with Gasteiger partial charge in [-0.1, -0.05) is 20.3 Å². The fourth-order valence-electron chi connectivity index (χ4n) is 3.03. The van der Waals surface area contributed by atoms with Crippen molar-refractivity contribution in [2.75, 3.05) is 39.4 Å². The van der Waals surface area contributed by atoms with E-state index in [1.54, 1.807) is 0 Å². The van der Waals surface area contributed by atoms with Gasteiger partial charge in [-0.2, -0.15) is 0 Å². The van der Waals surface area contributed by atoms with E-state index in [1.807, 2.05) is 0 Å². The van der Waals surface area contributed by atoms with E-state index in [0.717, 1.165) is 45.3 Å². The molecule has 0 aromatic heterocycles. The van der Waals surface area contributed by atoms with Crippen LogP contribution in [0.15, 0.2) is 4.99 Å². The van der Waals surface area contributed by atoms with Gasteiger partial charge in [0.1, 0.15) is 0 Å². The summed E-state index contributed by atoms with van der Waals surface area (Å²) in [5, 5.41) is 3.28. The Morgan fingerprint density at radius 1 is 1.32 bits per heavy atom. The van der Waals surface area contributed by atoms with Crippen LogP contribution in [0.3, 0.4) is 0 Å². The second-order valence-corrected chi connectivity index (χ2v) is 6.84. The monoisotopic (exact) mass is 424 g/mol. The van der Waals surface area contributed by atoms with Crippen LogP contribution < -0.4 is 11.1 Å². The van der Waals surface area contributed by atoms with Crippen molar-refractivity contribution in [3.63, 3.8) is 0 Å². The molecule has 130 valence electrons. The van der Waals surface area contributed by atoms with Gasteiger partial charge < -0.3 is 15.8 Å². The van der Waals surface area contributed by atoms with Crippen LogP contribution in [0.25, 0.3) is 0 Å². The predicted molar refractivity (Wildman–Crippen MR) is 103 cm³/mol. The molecule has 0 spiro atoms. The number of hydrogen-bond acceptors (Lipinski definition) is 3. The Morgan fingerprint density at radius 3 is 2.55 bits per heavy atom. The van der Waals surface area contributed by atoms with Crippen molar-refractivity contribution < 1.29 is 4.74 Å². The molecule has 0 amide bonds. The highest BCUT2D eigenvalue weighted by Crippen LogP contribution is 2.25. The summed E-state index contributed by atoms with van der Waals surface area (Å²) in [5.41, 5.74) is 6.01. The summed E-state index contributed by atoms with van der Waals surface area (Å²) in [4.78, 5) is 7.09. The minimum absolute atomic E-state index is 0. The van der Waals surface area contributed by atoms with E-state index < -0.39 is 0 Å². The molecule has 6 heteroatoms. The van der Waals surface area contributed by atoms with Crippen molar-refractivity contribution in [1.82, 2.24) is 10.2 Å². The summed E-state index contributed by atoms with van der Waals surface area (Å²) in [5.74, 6) is 2.10. The van der Waals surface area contributed by atoms with Crippen LogP contribution in [0.2, 0.25) is 0 Å². The smallest absolute Gasteiger partial charge is 0.188 e. The summed E-state index contributed by atoms with van der Waals surface area (Å²) in [6, 6.07) is 0.484. The first-order chi connectivity index (χ1) is 10.1. The maximum absolute atomic E-state index is 6.01. The summed E-state index contributed by atoms with van der Waals surface area (Å²) in [6.07, 6.45) is 5.21. The molecule has 2 fully saturated rings. The van der Waals surface area contributed by atoms with Crippen molar-refractivity contribution in [3.05, 3.63) is 0 Å². The molecule has 1 unspecified atom stereocenters. The Bertz CT molecular complexity index is 328. The standard InChI is InChI=1S/C16H32N4O.HI/c1-13(2)10-15(20-6-8-21-9-7-20)12-19-16(17)18-11-14-4-3-5-14;/h13-15H,3-12H2,1-2H3,(H3,17,18,19);1H. The van der Waals surface area contributed by atoms with Gasteiger partial charge in [0, 0.05) is 25.7 Å². The number of hydrogen-bond donors (Lipinski definition) is 2. The van der Waals surface area contributed by atoms with Gasteiger partial charge in [-0.3, -0.25) is 9.89 Å². The number of guanidine groups is 1. The number of morpholine rings is 1. The fourth-order valence-corrected chi connectivity index (χ4v) is 3.03. The van der Waals surface area contributed by atoms with Crippen molar-refractivity contribution >= 4 is 29.9 Å². The first-order valence-corrected chi connectivity index (χ1v) is 8.50. The van der Waals surface area contributed by atoms with E-state index in [2.05, 4.69) is 29.1 Å². The second kappa shape index (κ2) is 10.6. The van der Waals surface area contributed by atoms with Crippen LogP contribution in [0, 0.1) is 11.8 Å². The van der Waals surface area contributed by atoms with Crippen molar-refractivity contribution in [2.24, 2.45) is 22.6 Å². The van der Waals surface area contributed by atoms with Gasteiger partial charge >= 0.3 is 0 Å². The molecule has 5 nitrogen and oxygen atoms in total. The molecule has 0 bridgehead atoms. The zero-order chi connectivity index (χ0) is 15.1. The molecule has 2 aliphatic rings. The topological polar surface area (TPSA) is 62.9 Å². The minimum Gasteiger partial charge on any atom is -0.379 e. The van der Waals surface area contributed by atoms with Crippen LogP contribution in [-0.4, -0.2) is 56.3 Å². The third kappa shape index (κ3) is 7.00. The third-order valence-corrected chi connectivity index (χ3v) is 4.57. The molecule has 3 N–H and O–H groups in total. The van der Waals surface area contributed by atoms with Crippen LogP contribution >= 0.6 is 24.0 Å². The highest BCUT2D eigenvalue weighted by atomic mass is 127. The third-order valence-electron chi connectivity index (χ3n) is 4.57. The first kappa shape index (κ1) is 20.0. The van der Waals surface area contributed by atoms with E-state index in [9.17, 15) is 0 Å². The van der Waals surface area contributed by atoms with Crippen molar-refractivity contribution in [2.45, 2.75) is 45.6 Å². The zero-order valence-electron chi connectivity index (χ0n) is 14.1. The van der Waals surface area contributed by atoms with Gasteiger partial charge in [0.05, 0.1) is 19.8 Å². The number of nitrogens with zero attached hydrogens (tertiary/aromatic N) is 2. The lowest BCUT2D eigenvalue weighted by Gasteiger charge is -2.34. The molecule has 0 aromatic carbocycles. The molecule has 1 aliphatic heterocycles. The molecule has 1 saturated heterocycles. The predicted octanol–water partition coefficient (Wildman–Crippen LogP) is 2.06. The van der Waals surface area contributed by atoms with Gasteiger partial charge in [0.25, 0.3) is 0 Å². The summed E-state index contributed by atoms with van der Waals surface area (Å²) in [6.45, 7) is 10.0. The lowest BCUT2D eigenvalue weighted by atomic mass is 9.85. The number of rotatable bonds is 7. The molecule has 2 rings (SSSR count). The minimum atomic E-state index is 0. The average Bonchev–Trinajstić information content (AvgIpc) is 2.42. The molecule has 0 radical (unpaired) electrons. The molecule has 1 heterocycles. The van der Waals surface area contributed by atoms with Crippen LogP contribution in [0.4, 0.5) is 0 Å². The Morgan fingerprint density at radius 2 is 2.00 bits per heavy atom. The van der Waals surface area contributed by atoms with E-state index in [0.29, 0.717) is 17.9 Å². The maximum atomic E-state index is 6.01. The molecule has 1 saturated carbocycles. The number of nitrogens with one attached hydrogen (secondary N) is 1. The number of halogens is 1. The lowest BCUT2D eigenvalue weighted by Crippen LogP contribution is -2.46. The Hall–Kier alpha value is -0.0800. The van der Waals surface area contributed by atoms with Crippen LogP contribution in [-0.2, 0) is 4.74 Å². The summed E-state index contributed by atoms with van der Waals surface area (Å²) < 4.78 is 5.45. The Balaban J connectivity index is 0.00000242. The second-order valence-electron chi connectivity index (χ2n) is 6.84. The summed E-state index contributed by atoms with van der Waals surface area (Å²) in [7, 11) is 0. The van der Waals surface area contributed by atoms with Gasteiger partial charge in [-0.05, 0) is 31.1 Å². The lowest BCUT2D eigenvalue weighted by molar-refractivity contribution is 0.0143. The Labute approximate surface area is 152 Å². The normalized spacial score (nSPS) is 22.0. The van der Waals surface area contributed by atoms with Gasteiger partial charge in [0.2, 0.25) is 0 Å². The number of aliphatic imine (C=N–C) groups is 1. The number of ether oxygens (including phenoxy) is 1. The Kier molecular flexibility index (Phi) is 9.66. The first-order valence-electron chi connectivity index (χ1n) is 8.50. The maximum Gasteiger partial charge on any atom is 0.188 e. The molecule has 0 aromatic rings. The number of nitrogens with two attached hydrogens (primary N) is 1. The zero-order valence-corrected chi connectivity index (χ0v) is 16.4. The average molecular weight is 424 g/mol. The van der Waals surface area contributed by atoms with E-state index >= 15 is 0 Å². The SMILES string of the molecule is CC(C)CC(CN=C(N)NCC1CCC1)N1CCOCC1.I. The molecule has 1 atom stereocenters. The van der Waals surface area contributed by atoms with Crippen LogP contribution in [0.5, 0.6) is 0 Å². The quantitative estimate of drug-likeness (QED) is 0.373. The summed E-state index contributed by atoms with van der Waals surface area (Å²) >= 11 is 0. The van der Waals surface area contributed by atoms with Crippen LogP contribution in [0.1, 0.15) is 39.5 Å². The van der Waals surface area contributed by atoms with E-state index in [-0.39, 0.29) is 24.0 Å². The van der Waals surface area contributed by atoms with E-state index in [1.165, 1.54) is 25.7 Å². The van der Waals surface area contributed by atoms with E-state index in [4.69, 9.17) is 10.5 Å². The highest BCUT2D eigenvalue weighted by Gasteiger charge is 2.22. The molecular weight excluding hydrogens is 391 g/mol. The highest BCUT2D eigenvalue weighted by molar-refractivity contribution is 14.0. The van der Waals surface area contributed by atoms with Gasteiger partial charge in [0.15, 0.2) is 5.96 Å². The van der Waals surface area contributed by atoms with Crippen molar-refractivity contribution in [1.29, 1.82) is 0 Å². The molecule has 22 heavy (non-hydrogen) atoms. The fraction of sp³-hybridized carbons (Fsp3) is 0.938. The molecule has 1 aliphatic carbocycles.